The normalized spacial score (nSPS) is 26.2. The summed E-state index contributed by atoms with van der Waals surface area (Å²) >= 11 is 0. The van der Waals surface area contributed by atoms with E-state index in [0.29, 0.717) is 6.04 Å². The van der Waals surface area contributed by atoms with Crippen LogP contribution in [0.3, 0.4) is 0 Å². The Balaban J connectivity index is 2.51. The molecule has 0 aromatic heterocycles. The summed E-state index contributed by atoms with van der Waals surface area (Å²) in [5.74, 6) is 0. The molecule has 1 aliphatic heterocycles. The van der Waals surface area contributed by atoms with Gasteiger partial charge in [-0.3, -0.25) is 4.90 Å². The second-order valence-corrected chi connectivity index (χ2v) is 5.50. The molecule has 2 atom stereocenters. The van der Waals surface area contributed by atoms with E-state index >= 15 is 0 Å². The van der Waals surface area contributed by atoms with Crippen LogP contribution in [-0.4, -0.2) is 73.9 Å². The monoisotopic (exact) mass is 229 g/mol. The predicted molar refractivity (Wildman–Crippen MR) is 67.7 cm³/mol. The molecular weight excluding hydrogens is 202 g/mol. The van der Waals surface area contributed by atoms with Crippen molar-refractivity contribution < 1.29 is 5.11 Å². The quantitative estimate of drug-likeness (QED) is 0.671. The van der Waals surface area contributed by atoms with Gasteiger partial charge in [-0.1, -0.05) is 0 Å². The van der Waals surface area contributed by atoms with E-state index in [-0.39, 0.29) is 12.1 Å². The lowest BCUT2D eigenvalue weighted by molar-refractivity contribution is 0.110. The van der Waals surface area contributed by atoms with Gasteiger partial charge in [-0.05, 0) is 47.5 Å². The van der Waals surface area contributed by atoms with Crippen LogP contribution in [0.1, 0.15) is 19.8 Å². The number of nitrogens with one attached hydrogen (secondary N) is 1. The highest BCUT2D eigenvalue weighted by atomic mass is 16.3. The number of likely N-dealkylation sites (N-methyl/N-ethyl adjacent to an activating group) is 2. The maximum Gasteiger partial charge on any atom is 0.0623 e. The van der Waals surface area contributed by atoms with Crippen molar-refractivity contribution in [1.82, 2.24) is 15.1 Å². The molecule has 16 heavy (non-hydrogen) atoms. The fourth-order valence-electron chi connectivity index (χ4n) is 2.39. The largest absolute Gasteiger partial charge is 0.394 e. The molecule has 1 rings (SSSR count). The number of aliphatic hydroxyl groups is 1. The molecule has 1 saturated heterocycles. The molecule has 1 aliphatic rings. The van der Waals surface area contributed by atoms with Crippen molar-refractivity contribution in [2.24, 2.45) is 0 Å². The Kier molecular flexibility index (Phi) is 5.18. The van der Waals surface area contributed by atoms with Crippen molar-refractivity contribution in [3.05, 3.63) is 0 Å². The molecule has 0 aromatic rings. The Morgan fingerprint density at radius 3 is 2.69 bits per heavy atom. The molecule has 0 saturated carbocycles. The van der Waals surface area contributed by atoms with E-state index in [1.165, 1.54) is 12.8 Å². The zero-order valence-electron chi connectivity index (χ0n) is 11.2. The summed E-state index contributed by atoms with van der Waals surface area (Å²) in [6.45, 7) is 5.48. The van der Waals surface area contributed by atoms with E-state index < -0.39 is 0 Å². The van der Waals surface area contributed by atoms with Gasteiger partial charge in [0, 0.05) is 19.1 Å². The Labute approximate surface area is 99.6 Å². The first-order chi connectivity index (χ1) is 7.50. The minimum Gasteiger partial charge on any atom is -0.394 e. The average molecular weight is 229 g/mol. The van der Waals surface area contributed by atoms with Crippen LogP contribution in [0.2, 0.25) is 0 Å². The highest BCUT2D eigenvalue weighted by Crippen LogP contribution is 2.20. The third-order valence-electron chi connectivity index (χ3n) is 3.58. The molecule has 4 heteroatoms. The highest BCUT2D eigenvalue weighted by molar-refractivity contribution is 4.90. The van der Waals surface area contributed by atoms with Crippen LogP contribution < -0.4 is 5.32 Å². The van der Waals surface area contributed by atoms with Crippen molar-refractivity contribution >= 4 is 0 Å². The summed E-state index contributed by atoms with van der Waals surface area (Å²) in [5.41, 5.74) is -0.172. The lowest BCUT2D eigenvalue weighted by Crippen LogP contribution is -2.54. The van der Waals surface area contributed by atoms with Crippen LogP contribution in [0.15, 0.2) is 0 Å². The van der Waals surface area contributed by atoms with Crippen LogP contribution in [0.25, 0.3) is 0 Å². The molecule has 4 nitrogen and oxygen atoms in total. The number of rotatable bonds is 6. The van der Waals surface area contributed by atoms with Gasteiger partial charge in [0.25, 0.3) is 0 Å². The molecular formula is C12H27N3O. The first-order valence-corrected chi connectivity index (χ1v) is 6.19. The molecule has 1 heterocycles. The van der Waals surface area contributed by atoms with Crippen LogP contribution in [0, 0.1) is 0 Å². The van der Waals surface area contributed by atoms with Gasteiger partial charge < -0.3 is 15.3 Å². The summed E-state index contributed by atoms with van der Waals surface area (Å²) in [6, 6.07) is 0.647. The SMILES string of the molecule is CNC(C)(CO)CN1CCCC1CN(C)C. The number of aliphatic hydroxyl groups excluding tert-OH is 1. The van der Waals surface area contributed by atoms with E-state index in [1.54, 1.807) is 0 Å². The lowest BCUT2D eigenvalue weighted by Gasteiger charge is -2.35. The molecule has 1 fully saturated rings. The van der Waals surface area contributed by atoms with Crippen molar-refractivity contribution in [3.8, 4) is 0 Å². The average Bonchev–Trinajstić information content (AvgIpc) is 2.64. The van der Waals surface area contributed by atoms with Crippen molar-refractivity contribution in [3.63, 3.8) is 0 Å². The topological polar surface area (TPSA) is 38.7 Å². The summed E-state index contributed by atoms with van der Waals surface area (Å²) in [6.07, 6.45) is 2.56. The van der Waals surface area contributed by atoms with E-state index in [9.17, 15) is 5.11 Å². The molecule has 0 radical (unpaired) electrons. The minimum atomic E-state index is -0.172. The summed E-state index contributed by atoms with van der Waals surface area (Å²) in [4.78, 5) is 4.76. The Morgan fingerprint density at radius 2 is 2.19 bits per heavy atom. The summed E-state index contributed by atoms with van der Waals surface area (Å²) in [5, 5.41) is 12.6. The standard InChI is InChI=1S/C12H27N3O/c1-12(10-16,13-2)9-15-7-5-6-11(15)8-14(3)4/h11,13,16H,5-10H2,1-4H3. The second-order valence-electron chi connectivity index (χ2n) is 5.50. The molecule has 0 aliphatic carbocycles. The Bertz CT molecular complexity index is 204. The van der Waals surface area contributed by atoms with Gasteiger partial charge in [0.2, 0.25) is 0 Å². The molecule has 0 aromatic carbocycles. The molecule has 0 amide bonds. The van der Waals surface area contributed by atoms with Gasteiger partial charge in [0.15, 0.2) is 0 Å². The third kappa shape index (κ3) is 3.70. The lowest BCUT2D eigenvalue weighted by atomic mass is 10.0. The van der Waals surface area contributed by atoms with Crippen LogP contribution >= 0.6 is 0 Å². The second kappa shape index (κ2) is 5.96. The predicted octanol–water partition coefficient (Wildman–Crippen LogP) is -0.0172. The number of likely N-dealkylation sites (tertiary alicyclic amines) is 1. The number of hydrogen-bond donors (Lipinski definition) is 2. The molecule has 0 bridgehead atoms. The highest BCUT2D eigenvalue weighted by Gasteiger charge is 2.31. The molecule has 2 N–H and O–H groups in total. The van der Waals surface area contributed by atoms with Crippen molar-refractivity contribution in [2.75, 3.05) is 47.4 Å². The van der Waals surface area contributed by atoms with Crippen LogP contribution in [0.4, 0.5) is 0 Å². The third-order valence-corrected chi connectivity index (χ3v) is 3.58. The van der Waals surface area contributed by atoms with Crippen LogP contribution in [0.5, 0.6) is 0 Å². The zero-order chi connectivity index (χ0) is 12.2. The molecule has 96 valence electrons. The number of nitrogens with zero attached hydrogens (tertiary/aromatic N) is 2. The first-order valence-electron chi connectivity index (χ1n) is 6.19. The van der Waals surface area contributed by atoms with E-state index in [1.807, 2.05) is 7.05 Å². The molecule has 2 unspecified atom stereocenters. The van der Waals surface area contributed by atoms with Gasteiger partial charge in [0.05, 0.1) is 12.1 Å². The van der Waals surface area contributed by atoms with Crippen molar-refractivity contribution in [1.29, 1.82) is 0 Å². The van der Waals surface area contributed by atoms with Gasteiger partial charge in [-0.15, -0.1) is 0 Å². The van der Waals surface area contributed by atoms with Gasteiger partial charge in [-0.2, -0.15) is 0 Å². The van der Waals surface area contributed by atoms with E-state index in [2.05, 4.69) is 36.1 Å². The van der Waals surface area contributed by atoms with E-state index in [0.717, 1.165) is 19.6 Å². The van der Waals surface area contributed by atoms with Crippen LogP contribution in [-0.2, 0) is 0 Å². The summed E-state index contributed by atoms with van der Waals surface area (Å²) in [7, 11) is 6.17. The van der Waals surface area contributed by atoms with E-state index in [4.69, 9.17) is 0 Å². The van der Waals surface area contributed by atoms with Gasteiger partial charge in [0.1, 0.15) is 0 Å². The first kappa shape index (κ1) is 13.9. The fraction of sp³-hybridized carbons (Fsp3) is 1.00. The number of hydrogen-bond acceptors (Lipinski definition) is 4. The maximum atomic E-state index is 9.41. The maximum absolute atomic E-state index is 9.41. The fourth-order valence-corrected chi connectivity index (χ4v) is 2.39. The Morgan fingerprint density at radius 1 is 1.50 bits per heavy atom. The van der Waals surface area contributed by atoms with Crippen molar-refractivity contribution in [2.45, 2.75) is 31.3 Å². The van der Waals surface area contributed by atoms with Gasteiger partial charge in [-0.25, -0.2) is 0 Å². The smallest absolute Gasteiger partial charge is 0.0623 e. The van der Waals surface area contributed by atoms with Gasteiger partial charge >= 0.3 is 0 Å². The Hall–Kier alpha value is -0.160. The zero-order valence-corrected chi connectivity index (χ0v) is 11.2. The summed E-state index contributed by atoms with van der Waals surface area (Å²) < 4.78 is 0. The molecule has 0 spiro atoms. The minimum absolute atomic E-state index is 0.172.